The largest absolute Gasteiger partial charge is 0.451 e. The zero-order valence-corrected chi connectivity index (χ0v) is 16.4. The number of hydrogen-bond acceptors (Lipinski definition) is 4. The molecule has 0 unspecified atom stereocenters. The van der Waals surface area contributed by atoms with Gasteiger partial charge in [0, 0.05) is 36.4 Å². The van der Waals surface area contributed by atoms with Gasteiger partial charge in [0.2, 0.25) is 5.82 Å². The Balaban J connectivity index is 1.31. The zero-order chi connectivity index (χ0) is 20.9. The Hall–Kier alpha value is -2.97. The number of fused-ring (bicyclic) bond motifs is 3. The predicted octanol–water partition coefficient (Wildman–Crippen LogP) is 4.78. The Labute approximate surface area is 170 Å². The van der Waals surface area contributed by atoms with E-state index >= 15 is 0 Å². The highest BCUT2D eigenvalue weighted by atomic mass is 19.4. The first-order chi connectivity index (χ1) is 14.4. The molecule has 9 heteroatoms. The fourth-order valence-corrected chi connectivity index (χ4v) is 4.78. The first-order valence-corrected chi connectivity index (χ1v) is 10.1. The van der Waals surface area contributed by atoms with E-state index in [1.165, 1.54) is 18.1 Å². The Kier molecular flexibility index (Phi) is 4.48. The highest BCUT2D eigenvalue weighted by molar-refractivity contribution is 5.74. The van der Waals surface area contributed by atoms with Crippen molar-refractivity contribution in [2.45, 2.75) is 44.7 Å². The van der Waals surface area contributed by atoms with E-state index in [9.17, 15) is 13.2 Å². The number of imidazole rings is 1. The van der Waals surface area contributed by atoms with Crippen LogP contribution in [-0.4, -0.2) is 29.3 Å². The van der Waals surface area contributed by atoms with Crippen LogP contribution in [0, 0.1) is 11.8 Å². The van der Waals surface area contributed by atoms with Crippen LogP contribution in [0.25, 0.3) is 16.8 Å². The first kappa shape index (κ1) is 19.0. The number of aromatic nitrogens is 6. The van der Waals surface area contributed by atoms with Crippen LogP contribution < -0.4 is 0 Å². The van der Waals surface area contributed by atoms with Gasteiger partial charge in [-0.3, -0.25) is 4.40 Å². The number of nitrogens with zero attached hydrogens (tertiary/aromatic N) is 5. The number of rotatable bonds is 4. The van der Waals surface area contributed by atoms with Gasteiger partial charge in [-0.1, -0.05) is 6.92 Å². The summed E-state index contributed by atoms with van der Waals surface area (Å²) in [5.74, 6) is 0.302. The summed E-state index contributed by atoms with van der Waals surface area (Å²) in [4.78, 5) is 19.0. The van der Waals surface area contributed by atoms with Crippen LogP contribution in [-0.2, 0) is 12.6 Å². The third-order valence-electron chi connectivity index (χ3n) is 6.23. The molecule has 0 aromatic carbocycles. The Morgan fingerprint density at radius 3 is 2.63 bits per heavy atom. The molecule has 3 atom stereocenters. The normalized spacial score (nSPS) is 22.3. The molecular weight excluding hydrogens is 393 g/mol. The Bertz CT molecular complexity index is 1180. The molecular formula is C21H21F3N6. The molecule has 1 N–H and O–H groups in total. The molecule has 0 spiro atoms. The van der Waals surface area contributed by atoms with Gasteiger partial charge in [0.05, 0.1) is 11.7 Å². The number of H-pyrrole nitrogens is 1. The molecule has 4 aromatic rings. The maximum atomic E-state index is 12.6. The predicted molar refractivity (Wildman–Crippen MR) is 105 cm³/mol. The zero-order valence-electron chi connectivity index (χ0n) is 16.4. The van der Waals surface area contributed by atoms with E-state index in [2.05, 4.69) is 36.2 Å². The second-order valence-electron chi connectivity index (χ2n) is 8.22. The van der Waals surface area contributed by atoms with Crippen LogP contribution in [0.2, 0.25) is 0 Å². The molecule has 0 radical (unpaired) electrons. The van der Waals surface area contributed by atoms with Crippen molar-refractivity contribution in [3.05, 3.63) is 54.1 Å². The fourth-order valence-electron chi connectivity index (χ4n) is 4.78. The van der Waals surface area contributed by atoms with E-state index in [1.54, 1.807) is 6.20 Å². The number of aryl methyl sites for hydroxylation is 1. The second-order valence-corrected chi connectivity index (χ2v) is 8.22. The Morgan fingerprint density at radius 1 is 1.07 bits per heavy atom. The third-order valence-corrected chi connectivity index (χ3v) is 6.23. The summed E-state index contributed by atoms with van der Waals surface area (Å²) >= 11 is 0. The fraction of sp³-hybridized carbons (Fsp3) is 0.429. The average molecular weight is 414 g/mol. The first-order valence-electron chi connectivity index (χ1n) is 10.1. The minimum Gasteiger partial charge on any atom is -0.345 e. The number of aromatic amines is 1. The lowest BCUT2D eigenvalue weighted by Crippen LogP contribution is -2.11. The molecule has 1 saturated carbocycles. The lowest BCUT2D eigenvalue weighted by atomic mass is 9.95. The SMILES string of the molecule is C[C@@H]1C[C@H](CCc2cnc(C(F)(F)F)nc2)C[C@@H]1c1cnc2cnc3[nH]ccc3n12. The molecule has 0 saturated heterocycles. The van der Waals surface area contributed by atoms with E-state index in [-0.39, 0.29) is 0 Å². The summed E-state index contributed by atoms with van der Waals surface area (Å²) in [5, 5.41) is 0. The lowest BCUT2D eigenvalue weighted by molar-refractivity contribution is -0.145. The third kappa shape index (κ3) is 3.32. The van der Waals surface area contributed by atoms with E-state index in [0.717, 1.165) is 41.6 Å². The second kappa shape index (κ2) is 7.07. The van der Waals surface area contributed by atoms with E-state index in [4.69, 9.17) is 0 Å². The van der Waals surface area contributed by atoms with Gasteiger partial charge in [-0.25, -0.2) is 19.9 Å². The molecule has 4 aromatic heterocycles. The number of alkyl halides is 3. The quantitative estimate of drug-likeness (QED) is 0.522. The maximum Gasteiger partial charge on any atom is 0.451 e. The number of nitrogens with one attached hydrogen (secondary N) is 1. The minimum atomic E-state index is -4.50. The molecule has 1 aliphatic carbocycles. The van der Waals surface area contributed by atoms with Crippen molar-refractivity contribution >= 4 is 16.8 Å². The van der Waals surface area contributed by atoms with E-state index in [1.807, 2.05) is 18.5 Å². The number of hydrogen-bond donors (Lipinski definition) is 1. The monoisotopic (exact) mass is 414 g/mol. The van der Waals surface area contributed by atoms with Gasteiger partial charge in [0.25, 0.3) is 0 Å². The van der Waals surface area contributed by atoms with Crippen molar-refractivity contribution in [3.8, 4) is 0 Å². The average Bonchev–Trinajstić information content (AvgIpc) is 3.43. The van der Waals surface area contributed by atoms with Crippen molar-refractivity contribution in [2.75, 3.05) is 0 Å². The van der Waals surface area contributed by atoms with Crippen LogP contribution >= 0.6 is 0 Å². The van der Waals surface area contributed by atoms with Crippen LogP contribution in [0.3, 0.4) is 0 Å². The van der Waals surface area contributed by atoms with Gasteiger partial charge in [-0.2, -0.15) is 13.2 Å². The molecule has 4 heterocycles. The molecule has 5 rings (SSSR count). The van der Waals surface area contributed by atoms with Gasteiger partial charge < -0.3 is 4.98 Å². The summed E-state index contributed by atoms with van der Waals surface area (Å²) in [6.45, 7) is 2.26. The number of halogens is 3. The summed E-state index contributed by atoms with van der Waals surface area (Å²) in [5.41, 5.74) is 4.65. The summed E-state index contributed by atoms with van der Waals surface area (Å²) in [7, 11) is 0. The molecule has 0 bridgehead atoms. The molecule has 0 aliphatic heterocycles. The highest BCUT2D eigenvalue weighted by Gasteiger charge is 2.35. The van der Waals surface area contributed by atoms with Crippen LogP contribution in [0.15, 0.2) is 37.1 Å². The van der Waals surface area contributed by atoms with Crippen LogP contribution in [0.4, 0.5) is 13.2 Å². The maximum absolute atomic E-state index is 12.6. The van der Waals surface area contributed by atoms with Gasteiger partial charge in [0.15, 0.2) is 11.3 Å². The molecule has 6 nitrogen and oxygen atoms in total. The molecule has 1 aliphatic rings. The van der Waals surface area contributed by atoms with Crippen molar-refractivity contribution < 1.29 is 13.2 Å². The Morgan fingerprint density at radius 2 is 1.87 bits per heavy atom. The lowest BCUT2D eigenvalue weighted by Gasteiger charge is -2.15. The topological polar surface area (TPSA) is 71.8 Å². The van der Waals surface area contributed by atoms with Crippen molar-refractivity contribution in [3.63, 3.8) is 0 Å². The minimum absolute atomic E-state index is 0.384. The van der Waals surface area contributed by atoms with Gasteiger partial charge in [0.1, 0.15) is 0 Å². The summed E-state index contributed by atoms with van der Waals surface area (Å²) in [6, 6.07) is 2.02. The van der Waals surface area contributed by atoms with Gasteiger partial charge in [-0.15, -0.1) is 0 Å². The van der Waals surface area contributed by atoms with Crippen molar-refractivity contribution in [2.24, 2.45) is 11.8 Å². The van der Waals surface area contributed by atoms with Gasteiger partial charge >= 0.3 is 6.18 Å². The van der Waals surface area contributed by atoms with Crippen LogP contribution in [0.1, 0.15) is 49.2 Å². The molecule has 1 fully saturated rings. The van der Waals surface area contributed by atoms with Crippen LogP contribution in [0.5, 0.6) is 0 Å². The highest BCUT2D eigenvalue weighted by Crippen LogP contribution is 2.45. The van der Waals surface area contributed by atoms with Gasteiger partial charge in [-0.05, 0) is 49.1 Å². The molecule has 30 heavy (non-hydrogen) atoms. The molecule has 156 valence electrons. The summed E-state index contributed by atoms with van der Waals surface area (Å²) in [6.07, 6.45) is 7.42. The van der Waals surface area contributed by atoms with Crippen molar-refractivity contribution in [1.29, 1.82) is 0 Å². The van der Waals surface area contributed by atoms with Crippen molar-refractivity contribution in [1.82, 2.24) is 29.3 Å². The van der Waals surface area contributed by atoms with E-state index in [0.29, 0.717) is 24.2 Å². The van der Waals surface area contributed by atoms with E-state index < -0.39 is 12.0 Å². The summed E-state index contributed by atoms with van der Waals surface area (Å²) < 4.78 is 40.1. The standard InChI is InChI=1S/C21H21F3N6/c1-12-6-13(2-3-14-8-28-20(29-9-14)21(22,23)24)7-15(12)17-10-26-18-11-27-19-16(30(17)18)4-5-25-19/h4-5,8-13,15,25H,2-3,6-7H2,1H3/t12-,13+,15+/m1/s1. The molecule has 0 amide bonds. The smallest absolute Gasteiger partial charge is 0.345 e.